The van der Waals surface area contributed by atoms with E-state index >= 15 is 0 Å². The number of aryl methyl sites for hydroxylation is 1. The zero-order chi connectivity index (χ0) is 12.4. The molecule has 0 unspecified atom stereocenters. The van der Waals surface area contributed by atoms with Crippen LogP contribution in [0, 0.1) is 6.92 Å². The minimum Gasteiger partial charge on any atom is -0.352 e. The van der Waals surface area contributed by atoms with Crippen LogP contribution in [0.25, 0.3) is 0 Å². The molecule has 92 valence electrons. The molecule has 0 saturated carbocycles. The first-order valence-electron chi connectivity index (χ1n) is 6.06. The second kappa shape index (κ2) is 4.56. The summed E-state index contributed by atoms with van der Waals surface area (Å²) >= 11 is 0. The Labute approximate surface area is 107 Å². The molecule has 3 rings (SSSR count). The molecule has 0 fully saturated rings. The van der Waals surface area contributed by atoms with Crippen molar-refractivity contribution < 1.29 is 0 Å². The molecule has 1 aromatic carbocycles. The monoisotopic (exact) mass is 240 g/mol. The molecule has 0 saturated heterocycles. The van der Waals surface area contributed by atoms with E-state index in [0.29, 0.717) is 0 Å². The molecule has 0 atom stereocenters. The number of hydrogen-bond donors (Lipinski definition) is 1. The number of para-hydroxylation sites is 1. The van der Waals surface area contributed by atoms with Crippen LogP contribution in [0.5, 0.6) is 0 Å². The SMILES string of the molecule is Cc1cc(CN2C=CN(c3ccccc3)C2)n[nH]1. The van der Waals surface area contributed by atoms with Gasteiger partial charge in [0.05, 0.1) is 18.9 Å². The van der Waals surface area contributed by atoms with Crippen molar-refractivity contribution in [3.8, 4) is 0 Å². The average molecular weight is 240 g/mol. The molecule has 4 nitrogen and oxygen atoms in total. The molecule has 0 bridgehead atoms. The van der Waals surface area contributed by atoms with E-state index in [1.54, 1.807) is 0 Å². The standard InChI is InChI=1S/C14H16N4/c1-12-9-13(16-15-12)10-17-7-8-18(11-17)14-5-3-2-4-6-14/h2-9H,10-11H2,1H3,(H,15,16). The Morgan fingerprint density at radius 3 is 2.78 bits per heavy atom. The van der Waals surface area contributed by atoms with Crippen molar-refractivity contribution in [1.29, 1.82) is 0 Å². The summed E-state index contributed by atoms with van der Waals surface area (Å²) < 4.78 is 0. The van der Waals surface area contributed by atoms with Crippen LogP contribution in [0.15, 0.2) is 48.8 Å². The van der Waals surface area contributed by atoms with Gasteiger partial charge in [-0.1, -0.05) is 18.2 Å². The number of aromatic amines is 1. The third kappa shape index (κ3) is 2.22. The quantitative estimate of drug-likeness (QED) is 0.895. The van der Waals surface area contributed by atoms with Gasteiger partial charge in [-0.2, -0.15) is 5.10 Å². The zero-order valence-corrected chi connectivity index (χ0v) is 10.4. The number of aromatic nitrogens is 2. The lowest BCUT2D eigenvalue weighted by molar-refractivity contribution is 0.394. The second-order valence-electron chi connectivity index (χ2n) is 4.53. The summed E-state index contributed by atoms with van der Waals surface area (Å²) in [7, 11) is 0. The smallest absolute Gasteiger partial charge is 0.0946 e. The van der Waals surface area contributed by atoms with Gasteiger partial charge in [0.1, 0.15) is 0 Å². The fourth-order valence-corrected chi connectivity index (χ4v) is 2.12. The van der Waals surface area contributed by atoms with Gasteiger partial charge in [0.15, 0.2) is 0 Å². The third-order valence-corrected chi connectivity index (χ3v) is 3.00. The van der Waals surface area contributed by atoms with E-state index in [1.165, 1.54) is 5.69 Å². The topological polar surface area (TPSA) is 35.2 Å². The molecule has 1 N–H and O–H groups in total. The fraction of sp³-hybridized carbons (Fsp3) is 0.214. The molecule has 2 aromatic rings. The molecule has 1 aliphatic heterocycles. The number of rotatable bonds is 3. The summed E-state index contributed by atoms with van der Waals surface area (Å²) in [5.41, 5.74) is 3.40. The minimum absolute atomic E-state index is 0.837. The Morgan fingerprint density at radius 1 is 1.22 bits per heavy atom. The molecule has 1 aliphatic rings. The molecule has 2 heterocycles. The average Bonchev–Trinajstić information content (AvgIpc) is 3.01. The number of anilines is 1. The largest absolute Gasteiger partial charge is 0.352 e. The predicted octanol–water partition coefficient (Wildman–Crippen LogP) is 2.47. The van der Waals surface area contributed by atoms with Crippen molar-refractivity contribution in [2.24, 2.45) is 0 Å². The van der Waals surface area contributed by atoms with Gasteiger partial charge < -0.3 is 9.80 Å². The van der Waals surface area contributed by atoms with Gasteiger partial charge in [0.25, 0.3) is 0 Å². The van der Waals surface area contributed by atoms with Gasteiger partial charge in [-0.05, 0) is 25.1 Å². The summed E-state index contributed by atoms with van der Waals surface area (Å²) in [4.78, 5) is 4.46. The summed E-state index contributed by atoms with van der Waals surface area (Å²) in [5, 5.41) is 7.23. The van der Waals surface area contributed by atoms with Crippen molar-refractivity contribution in [3.05, 3.63) is 60.2 Å². The maximum atomic E-state index is 4.26. The van der Waals surface area contributed by atoms with Crippen LogP contribution >= 0.6 is 0 Å². The van der Waals surface area contributed by atoms with Gasteiger partial charge in [-0.25, -0.2) is 0 Å². The Balaban J connectivity index is 1.64. The van der Waals surface area contributed by atoms with E-state index in [-0.39, 0.29) is 0 Å². The normalized spacial score (nSPS) is 14.5. The van der Waals surface area contributed by atoms with Crippen LogP contribution in [-0.2, 0) is 6.54 Å². The highest BCUT2D eigenvalue weighted by Gasteiger charge is 2.14. The van der Waals surface area contributed by atoms with Gasteiger partial charge in [0, 0.05) is 23.8 Å². The molecule has 0 aliphatic carbocycles. The van der Waals surface area contributed by atoms with Crippen molar-refractivity contribution in [2.75, 3.05) is 11.6 Å². The number of benzene rings is 1. The molecule has 4 heteroatoms. The van der Waals surface area contributed by atoms with Gasteiger partial charge in [-0.3, -0.25) is 5.10 Å². The van der Waals surface area contributed by atoms with Crippen molar-refractivity contribution in [1.82, 2.24) is 15.1 Å². The molecule has 0 amide bonds. The Hall–Kier alpha value is -2.23. The molecule has 1 aromatic heterocycles. The van der Waals surface area contributed by atoms with Gasteiger partial charge >= 0.3 is 0 Å². The number of nitrogens with one attached hydrogen (secondary N) is 1. The highest BCUT2D eigenvalue weighted by Crippen LogP contribution is 2.19. The Morgan fingerprint density at radius 2 is 2.06 bits per heavy atom. The van der Waals surface area contributed by atoms with Crippen molar-refractivity contribution in [2.45, 2.75) is 13.5 Å². The Kier molecular flexibility index (Phi) is 2.76. The molecule has 0 radical (unpaired) electrons. The van der Waals surface area contributed by atoms with Crippen LogP contribution in [0.3, 0.4) is 0 Å². The van der Waals surface area contributed by atoms with Crippen molar-refractivity contribution in [3.63, 3.8) is 0 Å². The van der Waals surface area contributed by atoms with E-state index in [2.05, 4.69) is 62.7 Å². The summed E-state index contributed by atoms with van der Waals surface area (Å²) in [6.07, 6.45) is 4.21. The van der Waals surface area contributed by atoms with E-state index in [4.69, 9.17) is 0 Å². The zero-order valence-electron chi connectivity index (χ0n) is 10.4. The van der Waals surface area contributed by atoms with E-state index in [9.17, 15) is 0 Å². The fourth-order valence-electron chi connectivity index (χ4n) is 2.12. The van der Waals surface area contributed by atoms with Crippen LogP contribution in [-0.4, -0.2) is 21.8 Å². The van der Waals surface area contributed by atoms with Crippen LogP contribution < -0.4 is 4.90 Å². The van der Waals surface area contributed by atoms with Crippen LogP contribution in [0.1, 0.15) is 11.4 Å². The molecular formula is C14H16N4. The first-order chi connectivity index (χ1) is 8.81. The first kappa shape index (κ1) is 10.9. The lowest BCUT2D eigenvalue weighted by Crippen LogP contribution is -2.24. The molecule has 18 heavy (non-hydrogen) atoms. The van der Waals surface area contributed by atoms with E-state index in [0.717, 1.165) is 24.6 Å². The lowest BCUT2D eigenvalue weighted by Gasteiger charge is -2.20. The second-order valence-corrected chi connectivity index (χ2v) is 4.53. The predicted molar refractivity (Wildman–Crippen MR) is 71.8 cm³/mol. The van der Waals surface area contributed by atoms with E-state index in [1.807, 2.05) is 13.0 Å². The number of nitrogens with zero attached hydrogens (tertiary/aromatic N) is 3. The minimum atomic E-state index is 0.837. The van der Waals surface area contributed by atoms with Gasteiger partial charge in [-0.15, -0.1) is 0 Å². The maximum absolute atomic E-state index is 4.26. The highest BCUT2D eigenvalue weighted by atomic mass is 15.3. The first-order valence-corrected chi connectivity index (χ1v) is 6.06. The molecule has 0 spiro atoms. The Bertz CT molecular complexity index is 544. The lowest BCUT2D eigenvalue weighted by atomic mass is 10.3. The van der Waals surface area contributed by atoms with Gasteiger partial charge in [0.2, 0.25) is 0 Å². The summed E-state index contributed by atoms with van der Waals surface area (Å²) in [5.74, 6) is 0. The van der Waals surface area contributed by atoms with Crippen molar-refractivity contribution >= 4 is 5.69 Å². The third-order valence-electron chi connectivity index (χ3n) is 3.00. The van der Waals surface area contributed by atoms with Crippen LogP contribution in [0.4, 0.5) is 5.69 Å². The summed E-state index contributed by atoms with van der Waals surface area (Å²) in [6.45, 7) is 3.73. The van der Waals surface area contributed by atoms with Crippen LogP contribution in [0.2, 0.25) is 0 Å². The highest BCUT2D eigenvalue weighted by molar-refractivity contribution is 5.49. The number of hydrogen-bond acceptors (Lipinski definition) is 3. The molecular weight excluding hydrogens is 224 g/mol. The maximum Gasteiger partial charge on any atom is 0.0946 e. The van der Waals surface area contributed by atoms with E-state index < -0.39 is 0 Å². The summed E-state index contributed by atoms with van der Waals surface area (Å²) in [6, 6.07) is 12.5. The number of H-pyrrole nitrogens is 1.